The molecule has 0 saturated carbocycles. The van der Waals surface area contributed by atoms with Crippen molar-refractivity contribution in [2.75, 3.05) is 18.0 Å². The van der Waals surface area contributed by atoms with Gasteiger partial charge in [0.2, 0.25) is 11.8 Å². The maximum absolute atomic E-state index is 11.9. The van der Waals surface area contributed by atoms with E-state index in [1.807, 2.05) is 0 Å². The lowest BCUT2D eigenvalue weighted by Crippen LogP contribution is -2.39. The van der Waals surface area contributed by atoms with Gasteiger partial charge in [0.25, 0.3) is 0 Å². The van der Waals surface area contributed by atoms with Gasteiger partial charge in [0.15, 0.2) is 0 Å². The quantitative estimate of drug-likeness (QED) is 0.840. The molecule has 0 aromatic heterocycles. The molecule has 1 aliphatic rings. The van der Waals surface area contributed by atoms with E-state index in [1.54, 1.807) is 18.2 Å². The summed E-state index contributed by atoms with van der Waals surface area (Å²) in [5, 5.41) is 3.43. The molecule has 102 valence electrons. The van der Waals surface area contributed by atoms with Crippen molar-refractivity contribution >= 4 is 29.1 Å². The maximum Gasteiger partial charge on any atom is 0.240 e. The number of unbranched alkanes of at least 4 members (excludes halogenated alkanes) is 1. The second-order valence-electron chi connectivity index (χ2n) is 4.63. The molecule has 5 heteroatoms. The molecule has 0 saturated heterocycles. The van der Waals surface area contributed by atoms with Crippen LogP contribution in [0.2, 0.25) is 5.02 Å². The van der Waals surface area contributed by atoms with Crippen LogP contribution in [0.4, 0.5) is 5.69 Å². The number of hydrogen-bond donors (Lipinski definition) is 1. The van der Waals surface area contributed by atoms with Crippen molar-refractivity contribution in [2.24, 2.45) is 0 Å². The van der Waals surface area contributed by atoms with Crippen molar-refractivity contribution in [3.05, 3.63) is 28.8 Å². The molecular weight excluding hydrogens is 264 g/mol. The second-order valence-corrected chi connectivity index (χ2v) is 5.07. The molecule has 0 unspecified atom stereocenters. The number of nitrogens with zero attached hydrogens (tertiary/aromatic N) is 1. The molecule has 2 rings (SSSR count). The first kappa shape index (κ1) is 13.9. The molecule has 0 spiro atoms. The van der Waals surface area contributed by atoms with E-state index in [9.17, 15) is 9.59 Å². The third kappa shape index (κ3) is 3.26. The molecule has 19 heavy (non-hydrogen) atoms. The van der Waals surface area contributed by atoms with Crippen LogP contribution in [-0.2, 0) is 16.0 Å². The van der Waals surface area contributed by atoms with Crippen LogP contribution in [0.5, 0.6) is 0 Å². The van der Waals surface area contributed by atoms with E-state index >= 15 is 0 Å². The molecule has 0 fully saturated rings. The zero-order valence-electron chi connectivity index (χ0n) is 10.9. The lowest BCUT2D eigenvalue weighted by atomic mass is 10.2. The number of nitrogens with one attached hydrogen (secondary N) is 1. The van der Waals surface area contributed by atoms with Crippen LogP contribution in [0.3, 0.4) is 0 Å². The molecule has 1 N–H and O–H groups in total. The minimum Gasteiger partial charge on any atom is -0.355 e. The van der Waals surface area contributed by atoms with Gasteiger partial charge in [-0.25, -0.2) is 0 Å². The van der Waals surface area contributed by atoms with E-state index < -0.39 is 0 Å². The molecule has 1 aromatic carbocycles. The van der Waals surface area contributed by atoms with Crippen LogP contribution in [0.15, 0.2) is 18.2 Å². The van der Waals surface area contributed by atoms with E-state index in [0.29, 0.717) is 18.0 Å². The highest BCUT2D eigenvalue weighted by molar-refractivity contribution is 6.31. The number of carbonyl (C=O) groups excluding carboxylic acids is 2. The summed E-state index contributed by atoms with van der Waals surface area (Å²) < 4.78 is 0. The van der Waals surface area contributed by atoms with E-state index in [4.69, 9.17) is 11.6 Å². The van der Waals surface area contributed by atoms with Crippen LogP contribution in [0.25, 0.3) is 0 Å². The Morgan fingerprint density at radius 2 is 2.26 bits per heavy atom. The summed E-state index contributed by atoms with van der Waals surface area (Å²) in [6, 6.07) is 5.31. The Balaban J connectivity index is 2.02. The highest BCUT2D eigenvalue weighted by Crippen LogP contribution is 2.30. The first-order valence-electron chi connectivity index (χ1n) is 6.47. The van der Waals surface area contributed by atoms with Crippen LogP contribution >= 0.6 is 11.6 Å². The number of benzene rings is 1. The first-order valence-corrected chi connectivity index (χ1v) is 6.85. The molecule has 0 aliphatic carbocycles. The fourth-order valence-electron chi connectivity index (χ4n) is 2.13. The van der Waals surface area contributed by atoms with Gasteiger partial charge in [-0.3, -0.25) is 9.59 Å². The van der Waals surface area contributed by atoms with Crippen molar-refractivity contribution in [2.45, 2.75) is 26.2 Å². The Morgan fingerprint density at radius 3 is 3.00 bits per heavy atom. The summed E-state index contributed by atoms with van der Waals surface area (Å²) in [5.74, 6) is -0.174. The lowest BCUT2D eigenvalue weighted by Gasteiger charge is -2.17. The topological polar surface area (TPSA) is 49.4 Å². The average molecular weight is 281 g/mol. The number of amides is 2. The van der Waals surface area contributed by atoms with Gasteiger partial charge in [0, 0.05) is 17.3 Å². The molecule has 4 nitrogen and oxygen atoms in total. The first-order chi connectivity index (χ1) is 9.11. The summed E-state index contributed by atoms with van der Waals surface area (Å²) in [7, 11) is 0. The molecule has 1 aliphatic heterocycles. The third-order valence-corrected chi connectivity index (χ3v) is 3.36. The molecule has 1 heterocycles. The summed E-state index contributed by atoms with van der Waals surface area (Å²) >= 11 is 5.90. The van der Waals surface area contributed by atoms with Crippen molar-refractivity contribution in [1.29, 1.82) is 0 Å². The van der Waals surface area contributed by atoms with Crippen LogP contribution in [-0.4, -0.2) is 24.9 Å². The fourth-order valence-corrected chi connectivity index (χ4v) is 2.32. The number of anilines is 1. The third-order valence-electron chi connectivity index (χ3n) is 3.13. The number of rotatable bonds is 5. The maximum atomic E-state index is 11.9. The largest absolute Gasteiger partial charge is 0.355 e. The van der Waals surface area contributed by atoms with Crippen LogP contribution < -0.4 is 10.2 Å². The summed E-state index contributed by atoms with van der Waals surface area (Å²) in [6.45, 7) is 2.80. The SMILES string of the molecule is CCCCNC(=O)CN1C(=O)Cc2cc(Cl)ccc21. The molecule has 0 bridgehead atoms. The summed E-state index contributed by atoms with van der Waals surface area (Å²) in [6.07, 6.45) is 2.30. The standard InChI is InChI=1S/C14H17ClN2O2/c1-2-3-6-16-13(18)9-17-12-5-4-11(15)7-10(12)8-14(17)19/h4-5,7H,2-3,6,8-9H2,1H3,(H,16,18). The molecule has 1 aromatic rings. The Morgan fingerprint density at radius 1 is 1.47 bits per heavy atom. The van der Waals surface area contributed by atoms with Crippen molar-refractivity contribution < 1.29 is 9.59 Å². The Hall–Kier alpha value is -1.55. The Kier molecular flexibility index (Phi) is 4.43. The highest BCUT2D eigenvalue weighted by atomic mass is 35.5. The molecule has 0 radical (unpaired) electrons. The molecule has 2 amide bonds. The van der Waals surface area contributed by atoms with Crippen molar-refractivity contribution in [3.63, 3.8) is 0 Å². The Bertz CT molecular complexity index is 502. The summed E-state index contributed by atoms with van der Waals surface area (Å²) in [4.78, 5) is 25.2. The van der Waals surface area contributed by atoms with E-state index in [2.05, 4.69) is 12.2 Å². The minimum absolute atomic E-state index is 0.0529. The van der Waals surface area contributed by atoms with E-state index in [0.717, 1.165) is 24.1 Å². The predicted molar refractivity (Wildman–Crippen MR) is 75.4 cm³/mol. The zero-order chi connectivity index (χ0) is 13.8. The van der Waals surface area contributed by atoms with Crippen molar-refractivity contribution in [3.8, 4) is 0 Å². The van der Waals surface area contributed by atoms with E-state index in [1.165, 1.54) is 4.90 Å². The van der Waals surface area contributed by atoms with E-state index in [-0.39, 0.29) is 18.4 Å². The van der Waals surface area contributed by atoms with Gasteiger partial charge < -0.3 is 10.2 Å². The molecule has 0 atom stereocenters. The number of hydrogen-bond acceptors (Lipinski definition) is 2. The monoisotopic (exact) mass is 280 g/mol. The average Bonchev–Trinajstić information content (AvgIpc) is 2.65. The lowest BCUT2D eigenvalue weighted by molar-refractivity contribution is -0.123. The van der Waals surface area contributed by atoms with Gasteiger partial charge in [0.05, 0.1) is 6.42 Å². The molecular formula is C14H17ClN2O2. The van der Waals surface area contributed by atoms with Gasteiger partial charge in [0.1, 0.15) is 6.54 Å². The summed E-state index contributed by atoms with van der Waals surface area (Å²) in [5.41, 5.74) is 1.68. The number of carbonyl (C=O) groups is 2. The van der Waals surface area contributed by atoms with Gasteiger partial charge in [-0.05, 0) is 30.2 Å². The predicted octanol–water partition coefficient (Wildman–Crippen LogP) is 2.15. The van der Waals surface area contributed by atoms with Crippen LogP contribution in [0, 0.1) is 0 Å². The normalized spacial score (nSPS) is 13.6. The van der Waals surface area contributed by atoms with Gasteiger partial charge in [-0.15, -0.1) is 0 Å². The van der Waals surface area contributed by atoms with Crippen molar-refractivity contribution in [1.82, 2.24) is 5.32 Å². The zero-order valence-corrected chi connectivity index (χ0v) is 11.7. The highest BCUT2D eigenvalue weighted by Gasteiger charge is 2.28. The van der Waals surface area contributed by atoms with Crippen LogP contribution in [0.1, 0.15) is 25.3 Å². The minimum atomic E-state index is -0.121. The number of fused-ring (bicyclic) bond motifs is 1. The Labute approximate surface area is 117 Å². The number of halogens is 1. The van der Waals surface area contributed by atoms with Gasteiger partial charge in [-0.1, -0.05) is 24.9 Å². The van der Waals surface area contributed by atoms with Gasteiger partial charge >= 0.3 is 0 Å². The smallest absolute Gasteiger partial charge is 0.240 e. The van der Waals surface area contributed by atoms with Gasteiger partial charge in [-0.2, -0.15) is 0 Å². The second kappa shape index (κ2) is 6.06. The fraction of sp³-hybridized carbons (Fsp3) is 0.429.